The number of carbonyl (C=O) groups excluding carboxylic acids is 2. The van der Waals surface area contributed by atoms with Crippen LogP contribution >= 0.6 is 11.6 Å². The molecule has 1 heterocycles. The van der Waals surface area contributed by atoms with E-state index in [2.05, 4.69) is 15.8 Å². The van der Waals surface area contributed by atoms with E-state index >= 15 is 0 Å². The van der Waals surface area contributed by atoms with E-state index < -0.39 is 5.91 Å². The van der Waals surface area contributed by atoms with Gasteiger partial charge in [0.2, 0.25) is 0 Å². The molecule has 148 valence electrons. The summed E-state index contributed by atoms with van der Waals surface area (Å²) in [5.41, 5.74) is 3.52. The number of benzene rings is 2. The molecule has 2 amide bonds. The normalized spacial score (nSPS) is 10.7. The molecule has 0 aliphatic heterocycles. The van der Waals surface area contributed by atoms with Gasteiger partial charge in [0.1, 0.15) is 11.5 Å². The van der Waals surface area contributed by atoms with Gasteiger partial charge in [0.15, 0.2) is 6.61 Å². The van der Waals surface area contributed by atoms with Gasteiger partial charge in [-0.3, -0.25) is 9.59 Å². The van der Waals surface area contributed by atoms with E-state index in [1.165, 1.54) is 6.21 Å². The summed E-state index contributed by atoms with van der Waals surface area (Å²) in [5, 5.41) is 6.97. The van der Waals surface area contributed by atoms with Gasteiger partial charge < -0.3 is 14.5 Å². The van der Waals surface area contributed by atoms with Crippen LogP contribution in [0.15, 0.2) is 76.4 Å². The molecule has 2 aromatic carbocycles. The highest BCUT2D eigenvalue weighted by Gasteiger charge is 2.08. The van der Waals surface area contributed by atoms with Crippen LogP contribution < -0.4 is 15.5 Å². The zero-order chi connectivity index (χ0) is 20.5. The molecule has 0 spiro atoms. The Morgan fingerprint density at radius 1 is 1.07 bits per heavy atom. The van der Waals surface area contributed by atoms with Crippen LogP contribution in [-0.2, 0) is 11.3 Å². The lowest BCUT2D eigenvalue weighted by atomic mass is 10.2. The van der Waals surface area contributed by atoms with Crippen LogP contribution in [0.25, 0.3) is 0 Å². The van der Waals surface area contributed by atoms with Crippen molar-refractivity contribution in [3.63, 3.8) is 0 Å². The fourth-order valence-corrected chi connectivity index (χ4v) is 2.54. The molecule has 0 bridgehead atoms. The van der Waals surface area contributed by atoms with E-state index in [1.807, 2.05) is 0 Å². The lowest BCUT2D eigenvalue weighted by molar-refractivity contribution is -0.123. The van der Waals surface area contributed by atoms with Crippen LogP contribution in [0.1, 0.15) is 21.7 Å². The quantitative estimate of drug-likeness (QED) is 0.439. The number of hydrogen-bond acceptors (Lipinski definition) is 5. The molecule has 3 rings (SSSR count). The molecule has 7 nitrogen and oxygen atoms in total. The maximum atomic E-state index is 12.0. The molecule has 0 saturated heterocycles. The minimum Gasteiger partial charge on any atom is -0.484 e. The van der Waals surface area contributed by atoms with Crippen LogP contribution in [-0.4, -0.2) is 24.6 Å². The van der Waals surface area contributed by atoms with Gasteiger partial charge in [-0.05, 0) is 54.1 Å². The Morgan fingerprint density at radius 2 is 1.86 bits per heavy atom. The molecule has 1 aromatic heterocycles. The summed E-state index contributed by atoms with van der Waals surface area (Å²) in [6.45, 7) is 0.201. The Balaban J connectivity index is 1.43. The van der Waals surface area contributed by atoms with Gasteiger partial charge >= 0.3 is 0 Å². The smallest absolute Gasteiger partial charge is 0.272 e. The van der Waals surface area contributed by atoms with Gasteiger partial charge in [-0.25, -0.2) is 5.43 Å². The molecule has 2 N–H and O–H groups in total. The summed E-state index contributed by atoms with van der Waals surface area (Å²) in [6, 6.07) is 17.2. The maximum absolute atomic E-state index is 12.0. The highest BCUT2D eigenvalue weighted by molar-refractivity contribution is 6.33. The molecule has 0 atom stereocenters. The van der Waals surface area contributed by atoms with Gasteiger partial charge in [-0.15, -0.1) is 0 Å². The lowest BCUT2D eigenvalue weighted by Crippen LogP contribution is -2.28. The van der Waals surface area contributed by atoms with E-state index in [9.17, 15) is 9.59 Å². The molecule has 0 aliphatic carbocycles. The van der Waals surface area contributed by atoms with E-state index in [-0.39, 0.29) is 12.5 Å². The van der Waals surface area contributed by atoms with Crippen LogP contribution in [0.5, 0.6) is 5.75 Å². The van der Waals surface area contributed by atoms with E-state index in [0.29, 0.717) is 28.6 Å². The number of ether oxygens (including phenoxy) is 1. The zero-order valence-electron chi connectivity index (χ0n) is 15.3. The third kappa shape index (κ3) is 6.22. The SMILES string of the molecule is O=C(COc1ccc(/C=N\NC(=O)c2ccccc2Cl)cc1)NCc1ccco1. The number of hydrogen-bond donors (Lipinski definition) is 2. The highest BCUT2D eigenvalue weighted by atomic mass is 35.5. The third-order valence-electron chi connectivity index (χ3n) is 3.79. The molecule has 8 heteroatoms. The minimum atomic E-state index is -0.396. The van der Waals surface area contributed by atoms with Crippen LogP contribution in [0, 0.1) is 0 Å². The first-order valence-corrected chi connectivity index (χ1v) is 9.09. The van der Waals surface area contributed by atoms with Crippen molar-refractivity contribution in [1.29, 1.82) is 0 Å². The van der Waals surface area contributed by atoms with E-state index in [0.717, 1.165) is 5.56 Å². The summed E-state index contributed by atoms with van der Waals surface area (Å²) >= 11 is 5.97. The predicted octanol–water partition coefficient (Wildman–Crippen LogP) is 3.39. The Bertz CT molecular complexity index is 985. The standard InChI is InChI=1S/C21H18ClN3O4/c22-19-6-2-1-5-18(19)21(27)25-24-12-15-7-9-16(10-8-15)29-14-20(26)23-13-17-4-3-11-28-17/h1-12H,13-14H2,(H,23,26)(H,25,27)/b24-12-. The molecule has 0 fully saturated rings. The largest absolute Gasteiger partial charge is 0.484 e. The van der Waals surface area contributed by atoms with Gasteiger partial charge in [-0.2, -0.15) is 5.10 Å². The van der Waals surface area contributed by atoms with Crippen molar-refractivity contribution >= 4 is 29.6 Å². The Morgan fingerprint density at radius 3 is 2.59 bits per heavy atom. The Hall–Kier alpha value is -3.58. The first-order chi connectivity index (χ1) is 14.1. The van der Waals surface area contributed by atoms with Crippen molar-refractivity contribution < 1.29 is 18.7 Å². The predicted molar refractivity (Wildman–Crippen MR) is 109 cm³/mol. The fraction of sp³-hybridized carbons (Fsp3) is 0.0952. The Labute approximate surface area is 172 Å². The summed E-state index contributed by atoms with van der Waals surface area (Å²) in [7, 11) is 0. The van der Waals surface area contributed by atoms with Crippen LogP contribution in [0.2, 0.25) is 5.02 Å². The number of nitrogens with one attached hydrogen (secondary N) is 2. The number of halogens is 1. The molecule has 0 aliphatic rings. The van der Waals surface area contributed by atoms with E-state index in [1.54, 1.807) is 66.9 Å². The summed E-state index contributed by atoms with van der Waals surface area (Å²) in [5.74, 6) is 0.556. The number of rotatable bonds is 8. The van der Waals surface area contributed by atoms with Crippen molar-refractivity contribution in [3.8, 4) is 5.75 Å². The van der Waals surface area contributed by atoms with Crippen LogP contribution in [0.4, 0.5) is 0 Å². The molecule has 3 aromatic rings. The number of hydrazone groups is 1. The number of furan rings is 1. The number of carbonyl (C=O) groups is 2. The summed E-state index contributed by atoms with van der Waals surface area (Å²) in [4.78, 5) is 23.8. The number of nitrogens with zero attached hydrogens (tertiary/aromatic N) is 1. The topological polar surface area (TPSA) is 92.9 Å². The Kier molecular flexibility index (Phi) is 7.02. The second-order valence-corrected chi connectivity index (χ2v) is 6.30. The first-order valence-electron chi connectivity index (χ1n) is 8.72. The van der Waals surface area contributed by atoms with Crippen molar-refractivity contribution in [2.75, 3.05) is 6.61 Å². The summed E-state index contributed by atoms with van der Waals surface area (Å²) in [6.07, 6.45) is 3.04. The molecular formula is C21H18ClN3O4. The lowest BCUT2D eigenvalue weighted by Gasteiger charge is -2.07. The second-order valence-electron chi connectivity index (χ2n) is 5.89. The molecule has 29 heavy (non-hydrogen) atoms. The molecular weight excluding hydrogens is 394 g/mol. The van der Waals surface area contributed by atoms with Crippen molar-refractivity contribution in [1.82, 2.24) is 10.7 Å². The zero-order valence-corrected chi connectivity index (χ0v) is 16.1. The van der Waals surface area contributed by atoms with Gasteiger partial charge in [0.05, 0.1) is 29.6 Å². The van der Waals surface area contributed by atoms with E-state index in [4.69, 9.17) is 20.8 Å². The summed E-state index contributed by atoms with van der Waals surface area (Å²) < 4.78 is 10.6. The van der Waals surface area contributed by atoms with Crippen molar-refractivity contribution in [2.24, 2.45) is 5.10 Å². The molecule has 0 saturated carbocycles. The van der Waals surface area contributed by atoms with Crippen LogP contribution in [0.3, 0.4) is 0 Å². The fourth-order valence-electron chi connectivity index (χ4n) is 2.32. The third-order valence-corrected chi connectivity index (χ3v) is 4.12. The van der Waals surface area contributed by atoms with Crippen molar-refractivity contribution in [3.05, 3.63) is 88.8 Å². The first kappa shape index (κ1) is 20.2. The van der Waals surface area contributed by atoms with Gasteiger partial charge in [0.25, 0.3) is 11.8 Å². The van der Waals surface area contributed by atoms with Gasteiger partial charge in [-0.1, -0.05) is 23.7 Å². The molecule has 0 radical (unpaired) electrons. The second kappa shape index (κ2) is 10.1. The number of amides is 2. The van der Waals surface area contributed by atoms with Crippen molar-refractivity contribution in [2.45, 2.75) is 6.54 Å². The van der Waals surface area contributed by atoms with Gasteiger partial charge in [0, 0.05) is 0 Å². The minimum absolute atomic E-state index is 0.109. The monoisotopic (exact) mass is 411 g/mol. The maximum Gasteiger partial charge on any atom is 0.272 e. The average Bonchev–Trinajstić information content (AvgIpc) is 3.25. The average molecular weight is 412 g/mol. The highest BCUT2D eigenvalue weighted by Crippen LogP contribution is 2.14. The molecule has 0 unspecified atom stereocenters.